The molecule has 1 aliphatic heterocycles. The van der Waals surface area contributed by atoms with Crippen LogP contribution in [0.5, 0.6) is 0 Å². The Labute approximate surface area is 176 Å². The summed E-state index contributed by atoms with van der Waals surface area (Å²) < 4.78 is 7.39. The first-order chi connectivity index (χ1) is 14.4. The zero-order valence-corrected chi connectivity index (χ0v) is 16.6. The van der Waals surface area contributed by atoms with Gasteiger partial charge in [0.25, 0.3) is 0 Å². The van der Waals surface area contributed by atoms with Gasteiger partial charge in [-0.25, -0.2) is 9.97 Å². The van der Waals surface area contributed by atoms with Crippen molar-refractivity contribution < 1.29 is 24.9 Å². The summed E-state index contributed by atoms with van der Waals surface area (Å²) in [4.78, 5) is 19.5. The van der Waals surface area contributed by atoms with Crippen molar-refractivity contribution in [3.05, 3.63) is 53.4 Å². The van der Waals surface area contributed by atoms with Gasteiger partial charge in [-0.15, -0.1) is 0 Å². The standard InChI is InChI=1S/C19H20ClN5O5/c1-9(26)23-24-17-12-6-7-25(18(12)22-8-21-17)19-15(29)14(28)16(30-19)13(27)10-2-4-11(20)5-3-10/h2-8,13-16,19,27-29H,1H3,(H,23,26)(H,21,22,24)/t13-,14+,15-,16-,19-/m1/s1. The number of hydrazine groups is 1. The van der Waals surface area contributed by atoms with E-state index >= 15 is 0 Å². The van der Waals surface area contributed by atoms with E-state index in [1.54, 1.807) is 41.1 Å². The van der Waals surface area contributed by atoms with Crippen LogP contribution in [0.25, 0.3) is 11.0 Å². The average molecular weight is 434 g/mol. The molecule has 0 radical (unpaired) electrons. The molecule has 1 fully saturated rings. The van der Waals surface area contributed by atoms with E-state index in [1.807, 2.05) is 0 Å². The van der Waals surface area contributed by atoms with Crippen molar-refractivity contribution in [2.75, 3.05) is 5.43 Å². The SMILES string of the molecule is CC(=O)NNc1ncnc2c1ccn2[C@@H]1O[C@H]([C@H](O)c2ccc(Cl)cc2)[C@@H](O)[C@H]1O. The number of nitrogens with one attached hydrogen (secondary N) is 2. The van der Waals surface area contributed by atoms with Crippen molar-refractivity contribution in [2.45, 2.75) is 37.6 Å². The van der Waals surface area contributed by atoms with Crippen molar-refractivity contribution >= 4 is 34.4 Å². The van der Waals surface area contributed by atoms with Crippen LogP contribution in [0.3, 0.4) is 0 Å². The molecule has 3 heterocycles. The second kappa shape index (κ2) is 8.17. The fourth-order valence-corrected chi connectivity index (χ4v) is 3.58. The third kappa shape index (κ3) is 3.71. The number of hydrogen-bond donors (Lipinski definition) is 5. The molecule has 3 aromatic rings. The van der Waals surface area contributed by atoms with Crippen LogP contribution >= 0.6 is 11.6 Å². The maximum atomic E-state index is 11.1. The molecule has 0 unspecified atom stereocenters. The number of nitrogens with zero attached hydrogens (tertiary/aromatic N) is 3. The van der Waals surface area contributed by atoms with Gasteiger partial charge in [-0.2, -0.15) is 0 Å². The number of rotatable bonds is 5. The van der Waals surface area contributed by atoms with Crippen LogP contribution in [0, 0.1) is 0 Å². The average Bonchev–Trinajstić information content (AvgIpc) is 3.28. The smallest absolute Gasteiger partial charge is 0.235 e. The van der Waals surface area contributed by atoms with Gasteiger partial charge >= 0.3 is 0 Å². The van der Waals surface area contributed by atoms with E-state index in [-0.39, 0.29) is 5.91 Å². The Kier molecular flexibility index (Phi) is 5.58. The first-order valence-electron chi connectivity index (χ1n) is 9.16. The largest absolute Gasteiger partial charge is 0.387 e. The Morgan fingerprint density at radius 3 is 2.63 bits per heavy atom. The molecule has 4 rings (SSSR count). The van der Waals surface area contributed by atoms with Crippen molar-refractivity contribution in [3.8, 4) is 0 Å². The number of fused-ring (bicyclic) bond motifs is 1. The molecule has 0 saturated carbocycles. The second-order valence-electron chi connectivity index (χ2n) is 6.96. The van der Waals surface area contributed by atoms with Crippen LogP contribution < -0.4 is 10.9 Å². The molecule has 5 atom stereocenters. The van der Waals surface area contributed by atoms with Crippen molar-refractivity contribution in [2.24, 2.45) is 0 Å². The summed E-state index contributed by atoms with van der Waals surface area (Å²) in [5, 5.41) is 32.9. The molecular weight excluding hydrogens is 414 g/mol. The van der Waals surface area contributed by atoms with Gasteiger partial charge in [0.05, 0.1) is 5.39 Å². The molecule has 1 saturated heterocycles. The fourth-order valence-electron chi connectivity index (χ4n) is 3.45. The van der Waals surface area contributed by atoms with E-state index in [4.69, 9.17) is 16.3 Å². The number of carbonyl (C=O) groups is 1. The van der Waals surface area contributed by atoms with Gasteiger partial charge in [0, 0.05) is 18.1 Å². The van der Waals surface area contributed by atoms with E-state index < -0.39 is 30.6 Å². The molecule has 0 bridgehead atoms. The minimum absolute atomic E-state index is 0.294. The quantitative estimate of drug-likeness (QED) is 0.374. The normalized spacial score (nSPS) is 24.7. The number of ether oxygens (including phenoxy) is 1. The Morgan fingerprint density at radius 2 is 1.93 bits per heavy atom. The number of hydrogen-bond acceptors (Lipinski definition) is 8. The van der Waals surface area contributed by atoms with E-state index in [0.29, 0.717) is 27.4 Å². The maximum Gasteiger partial charge on any atom is 0.235 e. The Balaban J connectivity index is 1.61. The molecule has 5 N–H and O–H groups in total. The Bertz CT molecular complexity index is 1060. The van der Waals surface area contributed by atoms with Crippen molar-refractivity contribution in [1.29, 1.82) is 0 Å². The predicted octanol–water partition coefficient (Wildman–Crippen LogP) is 0.900. The molecule has 0 aliphatic carbocycles. The zero-order chi connectivity index (χ0) is 21.4. The van der Waals surface area contributed by atoms with Crippen LogP contribution in [-0.4, -0.2) is 54.1 Å². The van der Waals surface area contributed by atoms with E-state index in [1.165, 1.54) is 13.3 Å². The number of anilines is 1. The second-order valence-corrected chi connectivity index (χ2v) is 7.39. The highest BCUT2D eigenvalue weighted by atomic mass is 35.5. The molecule has 0 spiro atoms. The monoisotopic (exact) mass is 433 g/mol. The van der Waals surface area contributed by atoms with E-state index in [0.717, 1.165) is 0 Å². The summed E-state index contributed by atoms with van der Waals surface area (Å²) in [6.45, 7) is 1.35. The highest BCUT2D eigenvalue weighted by Gasteiger charge is 2.47. The number of aliphatic hydroxyl groups excluding tert-OH is 3. The van der Waals surface area contributed by atoms with Crippen LogP contribution in [0.1, 0.15) is 24.8 Å². The lowest BCUT2D eigenvalue weighted by molar-refractivity contribution is -0.118. The van der Waals surface area contributed by atoms with Gasteiger partial charge in [-0.05, 0) is 23.8 Å². The highest BCUT2D eigenvalue weighted by Crippen LogP contribution is 2.38. The molecule has 1 aliphatic rings. The minimum Gasteiger partial charge on any atom is -0.387 e. The van der Waals surface area contributed by atoms with Gasteiger partial charge < -0.3 is 24.6 Å². The van der Waals surface area contributed by atoms with Crippen LogP contribution in [-0.2, 0) is 9.53 Å². The maximum absolute atomic E-state index is 11.1. The molecular formula is C19H20ClN5O5. The topological polar surface area (TPSA) is 142 Å². The van der Waals surface area contributed by atoms with E-state index in [9.17, 15) is 20.1 Å². The summed E-state index contributed by atoms with van der Waals surface area (Å²) in [7, 11) is 0. The molecule has 11 heteroatoms. The molecule has 1 aromatic carbocycles. The summed E-state index contributed by atoms with van der Waals surface area (Å²) in [6.07, 6.45) is -2.97. The Hall–Kier alpha value is -2.76. The molecule has 2 aromatic heterocycles. The van der Waals surface area contributed by atoms with Crippen LogP contribution in [0.2, 0.25) is 5.02 Å². The third-order valence-corrected chi connectivity index (χ3v) is 5.19. The number of aromatic nitrogens is 3. The predicted molar refractivity (Wildman–Crippen MR) is 107 cm³/mol. The number of halogens is 1. The van der Waals surface area contributed by atoms with Crippen LogP contribution in [0.15, 0.2) is 42.9 Å². The van der Waals surface area contributed by atoms with Crippen LogP contribution in [0.4, 0.5) is 5.82 Å². The van der Waals surface area contributed by atoms with Gasteiger partial charge in [-0.1, -0.05) is 23.7 Å². The number of carbonyl (C=O) groups excluding carboxylic acids is 1. The Morgan fingerprint density at radius 1 is 1.20 bits per heavy atom. The lowest BCUT2D eigenvalue weighted by atomic mass is 9.99. The fraction of sp³-hybridized carbons (Fsp3) is 0.316. The number of aliphatic hydroxyl groups is 3. The zero-order valence-electron chi connectivity index (χ0n) is 15.8. The molecule has 1 amide bonds. The molecule has 10 nitrogen and oxygen atoms in total. The van der Waals surface area contributed by atoms with Gasteiger partial charge in [0.15, 0.2) is 12.0 Å². The van der Waals surface area contributed by atoms with Gasteiger partial charge in [-0.3, -0.25) is 15.6 Å². The molecule has 158 valence electrons. The van der Waals surface area contributed by atoms with Gasteiger partial charge in [0.1, 0.15) is 36.4 Å². The lowest BCUT2D eigenvalue weighted by Crippen LogP contribution is -2.34. The number of amides is 1. The third-order valence-electron chi connectivity index (χ3n) is 4.94. The first-order valence-corrected chi connectivity index (χ1v) is 9.54. The number of benzene rings is 1. The highest BCUT2D eigenvalue weighted by molar-refractivity contribution is 6.30. The van der Waals surface area contributed by atoms with Crippen molar-refractivity contribution in [1.82, 2.24) is 20.0 Å². The van der Waals surface area contributed by atoms with E-state index in [2.05, 4.69) is 20.8 Å². The summed E-state index contributed by atoms with van der Waals surface area (Å²) in [6, 6.07) is 8.18. The minimum atomic E-state index is -1.34. The van der Waals surface area contributed by atoms with Gasteiger partial charge in [0.2, 0.25) is 5.91 Å². The summed E-state index contributed by atoms with van der Waals surface area (Å²) >= 11 is 5.88. The van der Waals surface area contributed by atoms with Crippen molar-refractivity contribution in [3.63, 3.8) is 0 Å². The molecule has 30 heavy (non-hydrogen) atoms. The summed E-state index contributed by atoms with van der Waals surface area (Å²) in [5.41, 5.74) is 6.05. The lowest BCUT2D eigenvalue weighted by Gasteiger charge is -2.21. The first kappa shape index (κ1) is 20.5. The summed E-state index contributed by atoms with van der Waals surface area (Å²) in [5.74, 6) is 0.0672.